The first-order valence-electron chi connectivity index (χ1n) is 9.97. The molecular formula is C24H24N2O4. The predicted molar refractivity (Wildman–Crippen MR) is 114 cm³/mol. The number of carbonyl (C=O) groups is 2. The Morgan fingerprint density at radius 2 is 1.97 bits per heavy atom. The maximum atomic E-state index is 13.4. The van der Waals surface area contributed by atoms with Gasteiger partial charge in [0.15, 0.2) is 5.78 Å². The summed E-state index contributed by atoms with van der Waals surface area (Å²) >= 11 is 0. The largest absolute Gasteiger partial charge is 0.508 e. The molecule has 2 aromatic rings. The van der Waals surface area contributed by atoms with Gasteiger partial charge in [-0.05, 0) is 49.6 Å². The first kappa shape index (κ1) is 19.8. The summed E-state index contributed by atoms with van der Waals surface area (Å²) in [5.74, 6) is -0.181. The van der Waals surface area contributed by atoms with E-state index in [9.17, 15) is 14.7 Å². The Bertz CT molecular complexity index is 1080. The number of allylic oxidation sites excluding steroid dienone is 3. The summed E-state index contributed by atoms with van der Waals surface area (Å²) < 4.78 is 5.35. The molecular weight excluding hydrogens is 380 g/mol. The zero-order chi connectivity index (χ0) is 21.3. The van der Waals surface area contributed by atoms with Gasteiger partial charge in [-0.15, -0.1) is 0 Å². The summed E-state index contributed by atoms with van der Waals surface area (Å²) in [4.78, 5) is 26.3. The maximum absolute atomic E-state index is 13.4. The van der Waals surface area contributed by atoms with E-state index in [4.69, 9.17) is 4.74 Å². The molecule has 1 atom stereocenters. The molecule has 2 aliphatic rings. The molecule has 0 unspecified atom stereocenters. The SMILES string of the molecule is COc1ccccc1NC(=O)C1=C(C)NC2=C(C(=O)CCC2)[C@H]1c1cccc(O)c1. The molecule has 1 aliphatic carbocycles. The van der Waals surface area contributed by atoms with E-state index < -0.39 is 5.92 Å². The fraction of sp³-hybridized carbons (Fsp3) is 0.250. The number of Topliss-reactive ketones (excluding diaryl/α,β-unsaturated/α-hetero) is 1. The lowest BCUT2D eigenvalue weighted by atomic mass is 9.75. The number of phenols is 1. The van der Waals surface area contributed by atoms with E-state index >= 15 is 0 Å². The summed E-state index contributed by atoms with van der Waals surface area (Å²) in [6.45, 7) is 1.84. The number of dihydropyridines is 1. The fourth-order valence-electron chi connectivity index (χ4n) is 4.26. The van der Waals surface area contributed by atoms with Crippen molar-refractivity contribution in [3.63, 3.8) is 0 Å². The molecule has 0 spiro atoms. The number of benzene rings is 2. The molecule has 0 fully saturated rings. The van der Waals surface area contributed by atoms with Gasteiger partial charge in [-0.3, -0.25) is 9.59 Å². The normalized spacial score (nSPS) is 18.6. The van der Waals surface area contributed by atoms with Gasteiger partial charge < -0.3 is 20.5 Å². The Labute approximate surface area is 175 Å². The third kappa shape index (κ3) is 3.56. The Balaban J connectivity index is 1.80. The number of carbonyl (C=O) groups excluding carboxylic acids is 2. The molecule has 0 saturated heterocycles. The lowest BCUT2D eigenvalue weighted by molar-refractivity contribution is -0.116. The van der Waals surface area contributed by atoms with Crippen molar-refractivity contribution in [2.45, 2.75) is 32.1 Å². The first-order valence-corrected chi connectivity index (χ1v) is 9.97. The minimum Gasteiger partial charge on any atom is -0.508 e. The van der Waals surface area contributed by atoms with Crippen LogP contribution in [0, 0.1) is 0 Å². The number of ether oxygens (including phenoxy) is 1. The van der Waals surface area contributed by atoms with Crippen molar-refractivity contribution in [2.75, 3.05) is 12.4 Å². The van der Waals surface area contributed by atoms with Crippen LogP contribution in [0.1, 0.15) is 37.7 Å². The minimum absolute atomic E-state index is 0.0344. The molecule has 0 radical (unpaired) electrons. The van der Waals surface area contributed by atoms with Crippen LogP contribution in [-0.4, -0.2) is 23.9 Å². The molecule has 0 aromatic heterocycles. The van der Waals surface area contributed by atoms with Crippen molar-refractivity contribution in [3.8, 4) is 11.5 Å². The average molecular weight is 404 g/mol. The highest BCUT2D eigenvalue weighted by Crippen LogP contribution is 2.43. The molecule has 154 valence electrons. The van der Waals surface area contributed by atoms with Crippen molar-refractivity contribution in [3.05, 3.63) is 76.6 Å². The van der Waals surface area contributed by atoms with Crippen LogP contribution in [0.2, 0.25) is 0 Å². The summed E-state index contributed by atoms with van der Waals surface area (Å²) in [5, 5.41) is 16.3. The number of phenolic OH excluding ortho intramolecular Hbond substituents is 1. The van der Waals surface area contributed by atoms with Gasteiger partial charge in [0.05, 0.1) is 12.8 Å². The second-order valence-electron chi connectivity index (χ2n) is 7.52. The van der Waals surface area contributed by atoms with Crippen molar-refractivity contribution < 1.29 is 19.4 Å². The fourth-order valence-corrected chi connectivity index (χ4v) is 4.26. The Morgan fingerprint density at radius 1 is 1.17 bits per heavy atom. The molecule has 4 rings (SSSR count). The molecule has 1 amide bonds. The van der Waals surface area contributed by atoms with Crippen LogP contribution in [0.4, 0.5) is 5.69 Å². The topological polar surface area (TPSA) is 87.7 Å². The number of hydrogen-bond acceptors (Lipinski definition) is 5. The van der Waals surface area contributed by atoms with Crippen LogP contribution < -0.4 is 15.4 Å². The Morgan fingerprint density at radius 3 is 2.73 bits per heavy atom. The van der Waals surface area contributed by atoms with Crippen LogP contribution >= 0.6 is 0 Å². The van der Waals surface area contributed by atoms with E-state index in [0.717, 1.165) is 18.5 Å². The number of rotatable bonds is 4. The monoisotopic (exact) mass is 404 g/mol. The number of ketones is 1. The molecule has 1 aliphatic heterocycles. The molecule has 3 N–H and O–H groups in total. The van der Waals surface area contributed by atoms with E-state index in [1.165, 1.54) is 0 Å². The van der Waals surface area contributed by atoms with Crippen LogP contribution in [0.25, 0.3) is 0 Å². The lowest BCUT2D eigenvalue weighted by Gasteiger charge is -2.34. The Kier molecular flexibility index (Phi) is 5.31. The highest BCUT2D eigenvalue weighted by molar-refractivity contribution is 6.10. The van der Waals surface area contributed by atoms with Gasteiger partial charge in [0.2, 0.25) is 0 Å². The second kappa shape index (κ2) is 8.06. The smallest absolute Gasteiger partial charge is 0.254 e. The summed E-state index contributed by atoms with van der Waals surface area (Å²) in [5.41, 5.74) is 3.90. The molecule has 1 heterocycles. The maximum Gasteiger partial charge on any atom is 0.254 e. The number of methoxy groups -OCH3 is 1. The van der Waals surface area contributed by atoms with Crippen molar-refractivity contribution in [1.82, 2.24) is 5.32 Å². The van der Waals surface area contributed by atoms with Gasteiger partial charge in [0.1, 0.15) is 11.5 Å². The summed E-state index contributed by atoms with van der Waals surface area (Å²) in [7, 11) is 1.55. The average Bonchev–Trinajstić information content (AvgIpc) is 2.73. The van der Waals surface area contributed by atoms with E-state index in [1.54, 1.807) is 37.4 Å². The van der Waals surface area contributed by atoms with E-state index in [2.05, 4.69) is 10.6 Å². The van der Waals surface area contributed by atoms with E-state index in [1.807, 2.05) is 25.1 Å². The van der Waals surface area contributed by atoms with Gasteiger partial charge in [0, 0.05) is 34.9 Å². The number of nitrogens with one attached hydrogen (secondary N) is 2. The third-order valence-corrected chi connectivity index (χ3v) is 5.58. The molecule has 0 bridgehead atoms. The summed E-state index contributed by atoms with van der Waals surface area (Å²) in [6, 6.07) is 13.9. The van der Waals surface area contributed by atoms with Crippen LogP contribution in [0.5, 0.6) is 11.5 Å². The van der Waals surface area contributed by atoms with Crippen molar-refractivity contribution >= 4 is 17.4 Å². The zero-order valence-corrected chi connectivity index (χ0v) is 17.0. The van der Waals surface area contributed by atoms with Crippen molar-refractivity contribution in [2.24, 2.45) is 0 Å². The standard InChI is InChI=1S/C24H24N2O4/c1-14-21(24(29)26-17-9-3-4-12-20(17)30-2)22(15-7-5-8-16(27)13-15)23-18(25-14)10-6-11-19(23)28/h3-5,7-9,12-13,22,25,27H,6,10-11H2,1-2H3,(H,26,29)/t22-/m0/s1. The molecule has 30 heavy (non-hydrogen) atoms. The molecule has 0 saturated carbocycles. The quantitative estimate of drug-likeness (QED) is 0.717. The van der Waals surface area contributed by atoms with Crippen LogP contribution in [-0.2, 0) is 9.59 Å². The number of aromatic hydroxyl groups is 1. The Hall–Kier alpha value is -3.54. The van der Waals surface area contributed by atoms with Gasteiger partial charge in [-0.2, -0.15) is 0 Å². The summed E-state index contributed by atoms with van der Waals surface area (Å²) in [6.07, 6.45) is 2.00. The molecule has 2 aromatic carbocycles. The highest BCUT2D eigenvalue weighted by atomic mass is 16.5. The predicted octanol–water partition coefficient (Wildman–Crippen LogP) is 4.01. The van der Waals surface area contributed by atoms with Gasteiger partial charge in [0.25, 0.3) is 5.91 Å². The lowest BCUT2D eigenvalue weighted by Crippen LogP contribution is -2.35. The van der Waals surface area contributed by atoms with Crippen LogP contribution in [0.3, 0.4) is 0 Å². The first-order chi connectivity index (χ1) is 14.5. The van der Waals surface area contributed by atoms with Gasteiger partial charge in [-0.25, -0.2) is 0 Å². The number of anilines is 1. The highest BCUT2D eigenvalue weighted by Gasteiger charge is 2.38. The number of amides is 1. The van der Waals surface area contributed by atoms with E-state index in [0.29, 0.717) is 40.3 Å². The van der Waals surface area contributed by atoms with Crippen LogP contribution in [0.15, 0.2) is 71.1 Å². The number of para-hydroxylation sites is 2. The van der Waals surface area contributed by atoms with Crippen molar-refractivity contribution in [1.29, 1.82) is 0 Å². The zero-order valence-electron chi connectivity index (χ0n) is 17.0. The van der Waals surface area contributed by atoms with Gasteiger partial charge in [-0.1, -0.05) is 24.3 Å². The molecule has 6 nitrogen and oxygen atoms in total. The third-order valence-electron chi connectivity index (χ3n) is 5.58. The van der Waals surface area contributed by atoms with E-state index in [-0.39, 0.29) is 17.4 Å². The number of hydrogen-bond donors (Lipinski definition) is 3. The minimum atomic E-state index is -0.546. The van der Waals surface area contributed by atoms with Gasteiger partial charge >= 0.3 is 0 Å². The second-order valence-corrected chi connectivity index (χ2v) is 7.52. The molecule has 6 heteroatoms.